The van der Waals surface area contributed by atoms with Crippen molar-refractivity contribution in [1.29, 1.82) is 0 Å². The molecule has 0 atom stereocenters. The lowest BCUT2D eigenvalue weighted by atomic mass is 9.88. The molecule has 6 nitrogen and oxygen atoms in total. The predicted molar refractivity (Wildman–Crippen MR) is 66.7 cm³/mol. The van der Waals surface area contributed by atoms with Crippen LogP contribution in [-0.4, -0.2) is 46.5 Å². The number of amides is 2. The van der Waals surface area contributed by atoms with Crippen molar-refractivity contribution < 1.29 is 14.7 Å². The van der Waals surface area contributed by atoms with Crippen molar-refractivity contribution in [3.05, 3.63) is 0 Å². The van der Waals surface area contributed by atoms with E-state index in [9.17, 15) is 9.59 Å². The Morgan fingerprint density at radius 2 is 2.17 bits per heavy atom. The molecule has 2 N–H and O–H groups in total. The van der Waals surface area contributed by atoms with Gasteiger partial charge in [0.15, 0.2) is 0 Å². The first-order chi connectivity index (χ1) is 8.57. The van der Waals surface area contributed by atoms with Gasteiger partial charge in [0.25, 0.3) is 5.91 Å². The molecule has 0 aromatic heterocycles. The van der Waals surface area contributed by atoms with Gasteiger partial charge in [-0.25, -0.2) is 4.79 Å². The van der Waals surface area contributed by atoms with Crippen LogP contribution in [0.2, 0.25) is 0 Å². The summed E-state index contributed by atoms with van der Waals surface area (Å²) in [6.45, 7) is 2.86. The molecule has 2 rings (SSSR count). The minimum Gasteiger partial charge on any atom is -0.465 e. The van der Waals surface area contributed by atoms with E-state index in [4.69, 9.17) is 5.11 Å². The van der Waals surface area contributed by atoms with Crippen LogP contribution in [0.1, 0.15) is 39.0 Å². The summed E-state index contributed by atoms with van der Waals surface area (Å²) in [5, 5.41) is 11.7. The summed E-state index contributed by atoms with van der Waals surface area (Å²) in [6.07, 6.45) is 2.93. The molecule has 1 fully saturated rings. The molecule has 0 aromatic carbocycles. The van der Waals surface area contributed by atoms with Crippen molar-refractivity contribution in [2.45, 2.75) is 44.6 Å². The number of carbonyl (C=O) groups is 2. The molecular formula is C12H19N3O3. The summed E-state index contributed by atoms with van der Waals surface area (Å²) < 4.78 is 0. The van der Waals surface area contributed by atoms with Crippen LogP contribution >= 0.6 is 0 Å². The van der Waals surface area contributed by atoms with Crippen molar-refractivity contribution in [2.75, 3.05) is 13.1 Å². The molecule has 6 heteroatoms. The van der Waals surface area contributed by atoms with Gasteiger partial charge in [-0.2, -0.15) is 0 Å². The van der Waals surface area contributed by atoms with Crippen molar-refractivity contribution in [1.82, 2.24) is 10.2 Å². The van der Waals surface area contributed by atoms with Gasteiger partial charge in [-0.3, -0.25) is 9.79 Å². The lowest BCUT2D eigenvalue weighted by Gasteiger charge is -2.33. The Hall–Kier alpha value is -1.59. The molecule has 2 aliphatic heterocycles. The van der Waals surface area contributed by atoms with E-state index in [1.807, 2.05) is 0 Å². The molecule has 2 heterocycles. The van der Waals surface area contributed by atoms with Crippen molar-refractivity contribution in [2.24, 2.45) is 4.99 Å². The Bertz CT molecular complexity index is 384. The predicted octanol–water partition coefficient (Wildman–Crippen LogP) is 1.22. The van der Waals surface area contributed by atoms with Gasteiger partial charge in [-0.05, 0) is 19.3 Å². The highest BCUT2D eigenvalue weighted by Gasteiger charge is 2.46. The Kier molecular flexibility index (Phi) is 3.54. The largest absolute Gasteiger partial charge is 0.465 e. The summed E-state index contributed by atoms with van der Waals surface area (Å²) in [4.78, 5) is 28.7. The van der Waals surface area contributed by atoms with Gasteiger partial charge in [0.1, 0.15) is 11.4 Å². The number of hydrogen-bond donors (Lipinski definition) is 2. The Balaban J connectivity index is 2.02. The number of carbonyl (C=O) groups excluding carboxylic acids is 1. The monoisotopic (exact) mass is 253 g/mol. The quantitative estimate of drug-likeness (QED) is 0.793. The highest BCUT2D eigenvalue weighted by atomic mass is 16.4. The average Bonchev–Trinajstić information content (AvgIpc) is 2.64. The summed E-state index contributed by atoms with van der Waals surface area (Å²) >= 11 is 0. The molecule has 0 radical (unpaired) electrons. The first-order valence-corrected chi connectivity index (χ1v) is 6.45. The molecule has 1 saturated heterocycles. The third-order valence-electron chi connectivity index (χ3n) is 3.66. The SMILES string of the molecule is CCCCC1=NC2(CCN(C(=O)O)CC2)C(=O)N1. The Labute approximate surface area is 106 Å². The molecule has 0 aromatic rings. The van der Waals surface area contributed by atoms with Crippen LogP contribution < -0.4 is 5.32 Å². The molecule has 0 bridgehead atoms. The van der Waals surface area contributed by atoms with Gasteiger partial charge in [0.2, 0.25) is 0 Å². The van der Waals surface area contributed by atoms with Gasteiger partial charge in [0, 0.05) is 19.5 Å². The van der Waals surface area contributed by atoms with Crippen LogP contribution in [0.5, 0.6) is 0 Å². The summed E-state index contributed by atoms with van der Waals surface area (Å²) in [6, 6.07) is 0. The average molecular weight is 253 g/mol. The number of hydrogen-bond acceptors (Lipinski definition) is 3. The summed E-state index contributed by atoms with van der Waals surface area (Å²) in [7, 11) is 0. The highest BCUT2D eigenvalue weighted by molar-refractivity contribution is 6.08. The van der Waals surface area contributed by atoms with Crippen LogP contribution in [-0.2, 0) is 4.79 Å². The molecule has 2 aliphatic rings. The van der Waals surface area contributed by atoms with E-state index in [1.54, 1.807) is 0 Å². The number of rotatable bonds is 3. The number of likely N-dealkylation sites (tertiary alicyclic amines) is 1. The number of nitrogens with zero attached hydrogens (tertiary/aromatic N) is 2. The van der Waals surface area contributed by atoms with Gasteiger partial charge in [0.05, 0.1) is 0 Å². The lowest BCUT2D eigenvalue weighted by Crippen LogP contribution is -2.50. The van der Waals surface area contributed by atoms with Crippen LogP contribution in [0.4, 0.5) is 4.79 Å². The van der Waals surface area contributed by atoms with Crippen LogP contribution in [0.25, 0.3) is 0 Å². The zero-order chi connectivity index (χ0) is 13.2. The first kappa shape index (κ1) is 12.9. The molecule has 18 heavy (non-hydrogen) atoms. The molecule has 0 aliphatic carbocycles. The number of nitrogens with one attached hydrogen (secondary N) is 1. The van der Waals surface area contributed by atoms with Crippen molar-refractivity contribution >= 4 is 17.8 Å². The summed E-state index contributed by atoms with van der Waals surface area (Å²) in [5.74, 6) is 0.712. The number of aliphatic imine (C=N–C) groups is 1. The molecule has 2 amide bonds. The number of amidine groups is 1. The van der Waals surface area contributed by atoms with E-state index < -0.39 is 11.6 Å². The number of piperidine rings is 1. The first-order valence-electron chi connectivity index (χ1n) is 6.45. The second-order valence-corrected chi connectivity index (χ2v) is 4.92. The van der Waals surface area contributed by atoms with Crippen molar-refractivity contribution in [3.63, 3.8) is 0 Å². The van der Waals surface area contributed by atoms with E-state index in [1.165, 1.54) is 4.90 Å². The van der Waals surface area contributed by atoms with Crippen LogP contribution in [0.15, 0.2) is 4.99 Å². The fourth-order valence-corrected chi connectivity index (χ4v) is 2.45. The topological polar surface area (TPSA) is 82.0 Å². The van der Waals surface area contributed by atoms with Gasteiger partial charge in [-0.1, -0.05) is 13.3 Å². The van der Waals surface area contributed by atoms with Gasteiger partial charge >= 0.3 is 6.09 Å². The lowest BCUT2D eigenvalue weighted by molar-refractivity contribution is -0.125. The van der Waals surface area contributed by atoms with E-state index in [-0.39, 0.29) is 5.91 Å². The molecule has 0 saturated carbocycles. The van der Waals surface area contributed by atoms with E-state index in [0.29, 0.717) is 25.9 Å². The Morgan fingerprint density at radius 1 is 1.50 bits per heavy atom. The van der Waals surface area contributed by atoms with Crippen LogP contribution in [0, 0.1) is 0 Å². The smallest absolute Gasteiger partial charge is 0.407 e. The zero-order valence-electron chi connectivity index (χ0n) is 10.6. The maximum Gasteiger partial charge on any atom is 0.407 e. The number of unbranched alkanes of at least 4 members (excludes halogenated alkanes) is 1. The molecular weight excluding hydrogens is 234 g/mol. The standard InChI is InChI=1S/C12H19N3O3/c1-2-3-4-9-13-10(16)12(14-9)5-7-15(8-6-12)11(17)18/h2-8H2,1H3,(H,17,18)(H,13,14,16). The third kappa shape index (κ3) is 2.32. The number of carboxylic acid groups (broad SMARTS) is 1. The third-order valence-corrected chi connectivity index (χ3v) is 3.66. The summed E-state index contributed by atoms with van der Waals surface area (Å²) in [5.41, 5.74) is -0.699. The minimum atomic E-state index is -0.918. The Morgan fingerprint density at radius 3 is 2.72 bits per heavy atom. The van der Waals surface area contributed by atoms with E-state index in [0.717, 1.165) is 25.1 Å². The van der Waals surface area contributed by atoms with Gasteiger partial charge in [-0.15, -0.1) is 0 Å². The molecule has 1 spiro atoms. The van der Waals surface area contributed by atoms with E-state index >= 15 is 0 Å². The maximum absolute atomic E-state index is 12.0. The maximum atomic E-state index is 12.0. The minimum absolute atomic E-state index is 0.0568. The van der Waals surface area contributed by atoms with E-state index in [2.05, 4.69) is 17.2 Å². The fraction of sp³-hybridized carbons (Fsp3) is 0.750. The normalized spacial score (nSPS) is 21.9. The molecule has 100 valence electrons. The highest BCUT2D eigenvalue weighted by Crippen LogP contribution is 2.30. The molecule has 0 unspecified atom stereocenters. The fourth-order valence-electron chi connectivity index (χ4n) is 2.45. The van der Waals surface area contributed by atoms with Crippen molar-refractivity contribution in [3.8, 4) is 0 Å². The van der Waals surface area contributed by atoms with Crippen LogP contribution in [0.3, 0.4) is 0 Å². The second-order valence-electron chi connectivity index (χ2n) is 4.92. The zero-order valence-corrected chi connectivity index (χ0v) is 10.6. The van der Waals surface area contributed by atoms with Gasteiger partial charge < -0.3 is 15.3 Å². The second kappa shape index (κ2) is 4.96.